The molecule has 26 heavy (non-hydrogen) atoms. The van der Waals surface area contributed by atoms with Crippen molar-refractivity contribution in [1.82, 2.24) is 14.8 Å². The Morgan fingerprint density at radius 3 is 2.38 bits per heavy atom. The molecule has 1 aliphatic rings. The summed E-state index contributed by atoms with van der Waals surface area (Å²) < 4.78 is 12.6. The highest BCUT2D eigenvalue weighted by atomic mass is 16.5. The van der Waals surface area contributed by atoms with Crippen molar-refractivity contribution in [2.24, 2.45) is 0 Å². The van der Waals surface area contributed by atoms with Gasteiger partial charge in [-0.05, 0) is 41.8 Å². The average molecular weight is 351 g/mol. The van der Waals surface area contributed by atoms with Crippen LogP contribution in [0.15, 0.2) is 48.5 Å². The summed E-state index contributed by atoms with van der Waals surface area (Å²) in [5.41, 5.74) is 8.09. The van der Waals surface area contributed by atoms with Gasteiger partial charge in [0, 0.05) is 0 Å². The van der Waals surface area contributed by atoms with E-state index in [1.54, 1.807) is 14.2 Å². The fourth-order valence-corrected chi connectivity index (χ4v) is 3.40. The predicted octanol–water partition coefficient (Wildman–Crippen LogP) is 3.02. The maximum absolute atomic E-state index is 5.86. The Morgan fingerprint density at radius 1 is 1.04 bits per heavy atom. The van der Waals surface area contributed by atoms with Gasteiger partial charge in [0.05, 0.1) is 26.3 Å². The van der Waals surface area contributed by atoms with E-state index in [-0.39, 0.29) is 18.0 Å². The summed E-state index contributed by atoms with van der Waals surface area (Å²) in [6.07, 6.45) is 0.802. The monoisotopic (exact) mass is 351 g/mol. The molecular formula is C19H21N5O2. The number of nitrogen functional groups attached to an aromatic ring is 1. The van der Waals surface area contributed by atoms with E-state index in [1.807, 2.05) is 41.1 Å². The van der Waals surface area contributed by atoms with Crippen molar-refractivity contribution in [2.75, 3.05) is 25.3 Å². The SMILES string of the molecule is COc1cccc([C@H]2C[C@H](c3cccc(OC)c3)Nc3nc(N)nn32)c1. The number of aromatic nitrogens is 3. The first-order chi connectivity index (χ1) is 12.7. The Labute approximate surface area is 151 Å². The number of benzene rings is 2. The molecular weight excluding hydrogens is 330 g/mol. The van der Waals surface area contributed by atoms with Crippen molar-refractivity contribution in [3.63, 3.8) is 0 Å². The van der Waals surface area contributed by atoms with E-state index >= 15 is 0 Å². The number of fused-ring (bicyclic) bond motifs is 1. The first kappa shape index (κ1) is 16.3. The van der Waals surface area contributed by atoms with Gasteiger partial charge < -0.3 is 20.5 Å². The van der Waals surface area contributed by atoms with Crippen LogP contribution in [-0.4, -0.2) is 29.0 Å². The highest BCUT2D eigenvalue weighted by molar-refractivity contribution is 5.43. The molecule has 0 bridgehead atoms. The summed E-state index contributed by atoms with van der Waals surface area (Å²) in [4.78, 5) is 4.34. The maximum atomic E-state index is 5.86. The summed E-state index contributed by atoms with van der Waals surface area (Å²) in [5, 5.41) is 7.82. The van der Waals surface area contributed by atoms with Gasteiger partial charge in [-0.2, -0.15) is 4.98 Å². The molecule has 0 amide bonds. The van der Waals surface area contributed by atoms with E-state index in [2.05, 4.69) is 27.5 Å². The number of nitrogens with two attached hydrogens (primary N) is 1. The molecule has 7 heteroatoms. The topological polar surface area (TPSA) is 87.2 Å². The summed E-state index contributed by atoms with van der Waals surface area (Å²) in [6.45, 7) is 0. The number of nitrogens with zero attached hydrogens (tertiary/aromatic N) is 3. The van der Waals surface area contributed by atoms with E-state index < -0.39 is 0 Å². The van der Waals surface area contributed by atoms with Crippen LogP contribution in [0, 0.1) is 0 Å². The van der Waals surface area contributed by atoms with E-state index in [4.69, 9.17) is 15.2 Å². The van der Waals surface area contributed by atoms with E-state index in [9.17, 15) is 0 Å². The third kappa shape index (κ3) is 2.92. The fraction of sp³-hybridized carbons (Fsp3) is 0.263. The molecule has 134 valence electrons. The van der Waals surface area contributed by atoms with E-state index in [1.165, 1.54) is 0 Å². The molecule has 0 aliphatic carbocycles. The van der Waals surface area contributed by atoms with Gasteiger partial charge in [-0.3, -0.25) is 0 Å². The number of anilines is 2. The lowest BCUT2D eigenvalue weighted by atomic mass is 9.93. The molecule has 3 N–H and O–H groups in total. The highest BCUT2D eigenvalue weighted by Crippen LogP contribution is 2.39. The lowest BCUT2D eigenvalue weighted by molar-refractivity contribution is 0.404. The lowest BCUT2D eigenvalue weighted by Gasteiger charge is -2.32. The van der Waals surface area contributed by atoms with Gasteiger partial charge in [0.15, 0.2) is 0 Å². The molecule has 2 atom stereocenters. The normalized spacial score (nSPS) is 18.7. The highest BCUT2D eigenvalue weighted by Gasteiger charge is 2.31. The molecule has 3 aromatic rings. The summed E-state index contributed by atoms with van der Waals surface area (Å²) in [5.74, 6) is 2.56. The molecule has 0 saturated carbocycles. The third-order valence-corrected chi connectivity index (χ3v) is 4.68. The van der Waals surface area contributed by atoms with Crippen molar-refractivity contribution in [3.05, 3.63) is 59.7 Å². The zero-order valence-electron chi connectivity index (χ0n) is 14.7. The summed E-state index contributed by atoms with van der Waals surface area (Å²) >= 11 is 0. The second-order valence-corrected chi connectivity index (χ2v) is 6.24. The first-order valence-electron chi connectivity index (χ1n) is 8.44. The van der Waals surface area contributed by atoms with Crippen LogP contribution in [0.4, 0.5) is 11.9 Å². The minimum absolute atomic E-state index is 0.00218. The Bertz CT molecular complexity index is 924. The van der Waals surface area contributed by atoms with Crippen LogP contribution >= 0.6 is 0 Å². The maximum Gasteiger partial charge on any atom is 0.241 e. The van der Waals surface area contributed by atoms with E-state index in [0.717, 1.165) is 29.0 Å². The van der Waals surface area contributed by atoms with Crippen molar-refractivity contribution < 1.29 is 9.47 Å². The minimum atomic E-state index is 0.00218. The van der Waals surface area contributed by atoms with Crippen LogP contribution in [0.1, 0.15) is 29.6 Å². The number of nitrogens with one attached hydrogen (secondary N) is 1. The molecule has 0 fully saturated rings. The van der Waals surface area contributed by atoms with Crippen molar-refractivity contribution in [1.29, 1.82) is 0 Å². The van der Waals surface area contributed by atoms with Crippen molar-refractivity contribution in [3.8, 4) is 11.5 Å². The van der Waals surface area contributed by atoms with Gasteiger partial charge >= 0.3 is 0 Å². The number of hydrogen-bond donors (Lipinski definition) is 2. The van der Waals surface area contributed by atoms with Crippen LogP contribution in [0.3, 0.4) is 0 Å². The van der Waals surface area contributed by atoms with Crippen molar-refractivity contribution >= 4 is 11.9 Å². The van der Waals surface area contributed by atoms with Gasteiger partial charge in [-0.25, -0.2) is 4.68 Å². The molecule has 1 aliphatic heterocycles. The first-order valence-corrected chi connectivity index (χ1v) is 8.44. The van der Waals surface area contributed by atoms with E-state index in [0.29, 0.717) is 5.95 Å². The largest absolute Gasteiger partial charge is 0.497 e. The number of rotatable bonds is 4. The zero-order chi connectivity index (χ0) is 18.1. The van der Waals surface area contributed by atoms with Crippen LogP contribution < -0.4 is 20.5 Å². The Kier molecular flexibility index (Phi) is 4.12. The third-order valence-electron chi connectivity index (χ3n) is 4.68. The van der Waals surface area contributed by atoms with Crippen LogP contribution in [0.5, 0.6) is 11.5 Å². The fourth-order valence-electron chi connectivity index (χ4n) is 3.40. The van der Waals surface area contributed by atoms with Crippen LogP contribution in [-0.2, 0) is 0 Å². The molecule has 2 aromatic carbocycles. The second kappa shape index (κ2) is 6.59. The van der Waals surface area contributed by atoms with Crippen LogP contribution in [0.25, 0.3) is 0 Å². The summed E-state index contributed by atoms with van der Waals surface area (Å²) in [6, 6.07) is 16.1. The molecule has 0 unspecified atom stereocenters. The van der Waals surface area contributed by atoms with Gasteiger partial charge in [-0.15, -0.1) is 5.10 Å². The van der Waals surface area contributed by atoms with Gasteiger partial charge in [0.2, 0.25) is 11.9 Å². The minimum Gasteiger partial charge on any atom is -0.497 e. The number of methoxy groups -OCH3 is 2. The molecule has 4 rings (SSSR count). The lowest BCUT2D eigenvalue weighted by Crippen LogP contribution is -2.28. The molecule has 0 radical (unpaired) electrons. The number of ether oxygens (including phenoxy) is 2. The molecule has 0 saturated heterocycles. The molecule has 2 heterocycles. The second-order valence-electron chi connectivity index (χ2n) is 6.24. The average Bonchev–Trinajstić information content (AvgIpc) is 3.07. The molecule has 7 nitrogen and oxygen atoms in total. The smallest absolute Gasteiger partial charge is 0.241 e. The Balaban J connectivity index is 1.75. The van der Waals surface area contributed by atoms with Gasteiger partial charge in [0.25, 0.3) is 0 Å². The quantitative estimate of drug-likeness (QED) is 0.751. The zero-order valence-corrected chi connectivity index (χ0v) is 14.7. The van der Waals surface area contributed by atoms with Crippen molar-refractivity contribution in [2.45, 2.75) is 18.5 Å². The Morgan fingerprint density at radius 2 is 1.69 bits per heavy atom. The molecule has 0 spiro atoms. The number of hydrogen-bond acceptors (Lipinski definition) is 6. The summed E-state index contributed by atoms with van der Waals surface area (Å²) in [7, 11) is 3.34. The standard InChI is InChI=1S/C19H21N5O2/c1-25-14-7-3-5-12(9-14)16-11-17(13-6-4-8-15(10-13)26-2)24-19(21-16)22-18(20)23-24/h3-10,16-17H,11H2,1-2H3,(H3,20,21,22,23)/t16-,17-/m1/s1. The van der Waals surface area contributed by atoms with Crippen LogP contribution in [0.2, 0.25) is 0 Å². The van der Waals surface area contributed by atoms with Gasteiger partial charge in [0.1, 0.15) is 11.5 Å². The molecule has 1 aromatic heterocycles. The Hall–Kier alpha value is -3.22. The predicted molar refractivity (Wildman–Crippen MR) is 99.5 cm³/mol. The van der Waals surface area contributed by atoms with Gasteiger partial charge in [-0.1, -0.05) is 24.3 Å².